The fourth-order valence-corrected chi connectivity index (χ4v) is 2.86. The third-order valence-corrected chi connectivity index (χ3v) is 3.64. The van der Waals surface area contributed by atoms with Gasteiger partial charge in [-0.25, -0.2) is 0 Å². The summed E-state index contributed by atoms with van der Waals surface area (Å²) in [5, 5.41) is 0. The third kappa shape index (κ3) is 2.74. The lowest BCUT2D eigenvalue weighted by atomic mass is 10.1. The van der Waals surface area contributed by atoms with Crippen molar-refractivity contribution in [1.82, 2.24) is 4.31 Å². The molecule has 1 heterocycles. The van der Waals surface area contributed by atoms with Crippen LogP contribution in [0.25, 0.3) is 0 Å². The van der Waals surface area contributed by atoms with Crippen LogP contribution in [0.5, 0.6) is 0 Å². The second kappa shape index (κ2) is 3.86. The first-order chi connectivity index (χ1) is 6.23. The minimum Gasteiger partial charge on any atom is -0.195 e. The predicted octanol–water partition coefficient (Wildman–Crippen LogP) is 1.89. The van der Waals surface area contributed by atoms with Gasteiger partial charge in [0.15, 0.2) is 0 Å². The summed E-state index contributed by atoms with van der Waals surface area (Å²) in [7, 11) is 0.638. The van der Waals surface area contributed by atoms with Crippen LogP contribution in [-0.2, 0) is 9.24 Å². The van der Waals surface area contributed by atoms with Gasteiger partial charge in [0.2, 0.25) is 0 Å². The van der Waals surface area contributed by atoms with E-state index in [0.29, 0.717) is 17.1 Å². The highest BCUT2D eigenvalue weighted by atomic mass is 35.7. The van der Waals surface area contributed by atoms with Crippen molar-refractivity contribution in [3.8, 4) is 0 Å². The van der Waals surface area contributed by atoms with Crippen LogP contribution >= 0.6 is 10.7 Å². The molecule has 1 aliphatic rings. The first-order valence-corrected chi connectivity index (χ1v) is 6.27. The molecule has 0 radical (unpaired) electrons. The van der Waals surface area contributed by atoms with Gasteiger partial charge in [0.05, 0.1) is 0 Å². The average Bonchev–Trinajstić information content (AvgIpc) is 2.01. The molecule has 1 fully saturated rings. The maximum atomic E-state index is 12.4. The van der Waals surface area contributed by atoms with E-state index in [2.05, 4.69) is 0 Å². The molecule has 0 aliphatic carbocycles. The van der Waals surface area contributed by atoms with Crippen molar-refractivity contribution in [2.45, 2.75) is 31.5 Å². The number of nitrogens with zero attached hydrogens (tertiary/aromatic N) is 1. The normalized spacial score (nSPS) is 26.4. The Labute approximate surface area is 84.4 Å². The Hall–Kier alpha value is -0.0100. The van der Waals surface area contributed by atoms with Crippen LogP contribution in [0.1, 0.15) is 19.3 Å². The van der Waals surface area contributed by atoms with Crippen LogP contribution < -0.4 is 0 Å². The molecule has 0 bridgehead atoms. The van der Waals surface area contributed by atoms with Gasteiger partial charge < -0.3 is 0 Å². The molecule has 0 unspecified atom stereocenters. The Morgan fingerprint density at radius 2 is 1.86 bits per heavy atom. The minimum atomic E-state index is -4.54. The van der Waals surface area contributed by atoms with Crippen LogP contribution in [-0.4, -0.2) is 31.5 Å². The molecule has 0 aromatic rings. The standard InChI is InChI=1S/C6H9ClF3NO2S/c7-14(12,13)11-4-2-1-3-5(11)6(8,9)10/h5H,1-4H2/t5-/m0/s1. The quantitative estimate of drug-likeness (QED) is 0.668. The van der Waals surface area contributed by atoms with Gasteiger partial charge in [0.25, 0.3) is 9.24 Å². The lowest BCUT2D eigenvalue weighted by molar-refractivity contribution is -0.176. The lowest BCUT2D eigenvalue weighted by Gasteiger charge is -2.33. The van der Waals surface area contributed by atoms with E-state index < -0.39 is 21.5 Å². The molecule has 0 aromatic carbocycles. The Balaban J connectivity index is 2.91. The van der Waals surface area contributed by atoms with Crippen LogP contribution in [0, 0.1) is 0 Å². The van der Waals surface area contributed by atoms with Gasteiger partial charge >= 0.3 is 6.18 Å². The summed E-state index contributed by atoms with van der Waals surface area (Å²) in [5.74, 6) is 0. The van der Waals surface area contributed by atoms with Gasteiger partial charge in [-0.1, -0.05) is 6.42 Å². The summed E-state index contributed by atoms with van der Waals surface area (Å²) in [4.78, 5) is 0. The molecule has 1 saturated heterocycles. The van der Waals surface area contributed by atoms with Crippen molar-refractivity contribution in [2.24, 2.45) is 0 Å². The predicted molar refractivity (Wildman–Crippen MR) is 45.2 cm³/mol. The molecule has 0 spiro atoms. The van der Waals surface area contributed by atoms with Crippen molar-refractivity contribution in [2.75, 3.05) is 6.54 Å². The zero-order valence-electron chi connectivity index (χ0n) is 7.09. The summed E-state index contributed by atoms with van der Waals surface area (Å²) < 4.78 is 59.1. The molecule has 0 saturated carbocycles. The Morgan fingerprint density at radius 1 is 1.29 bits per heavy atom. The van der Waals surface area contributed by atoms with Gasteiger partial charge in [0.1, 0.15) is 6.04 Å². The summed E-state index contributed by atoms with van der Waals surface area (Å²) in [6.07, 6.45) is -3.97. The molecule has 0 amide bonds. The van der Waals surface area contributed by atoms with E-state index in [1.807, 2.05) is 0 Å². The summed E-state index contributed by atoms with van der Waals surface area (Å²) in [5.41, 5.74) is 0. The van der Waals surface area contributed by atoms with Crippen LogP contribution in [0.2, 0.25) is 0 Å². The van der Waals surface area contributed by atoms with Crippen molar-refractivity contribution in [3.63, 3.8) is 0 Å². The summed E-state index contributed by atoms with van der Waals surface area (Å²) in [6, 6.07) is -1.96. The van der Waals surface area contributed by atoms with Gasteiger partial charge in [-0.2, -0.15) is 25.9 Å². The highest BCUT2D eigenvalue weighted by molar-refractivity contribution is 8.11. The highest BCUT2D eigenvalue weighted by Gasteiger charge is 2.48. The first-order valence-electron chi connectivity index (χ1n) is 4.01. The second-order valence-electron chi connectivity index (χ2n) is 3.11. The molecule has 1 rings (SSSR count). The van der Waals surface area contributed by atoms with E-state index in [4.69, 9.17) is 10.7 Å². The number of hydrogen-bond acceptors (Lipinski definition) is 2. The van der Waals surface area contributed by atoms with Crippen molar-refractivity contribution in [3.05, 3.63) is 0 Å². The molecule has 84 valence electrons. The fourth-order valence-electron chi connectivity index (χ4n) is 1.49. The molecule has 1 atom stereocenters. The molecule has 0 N–H and O–H groups in total. The van der Waals surface area contributed by atoms with E-state index in [1.165, 1.54) is 0 Å². The third-order valence-electron chi connectivity index (χ3n) is 2.11. The van der Waals surface area contributed by atoms with E-state index in [1.54, 1.807) is 0 Å². The molecule has 8 heteroatoms. The van der Waals surface area contributed by atoms with E-state index in [0.717, 1.165) is 0 Å². The number of rotatable bonds is 1. The maximum Gasteiger partial charge on any atom is 0.405 e. The smallest absolute Gasteiger partial charge is 0.195 e. The Morgan fingerprint density at radius 3 is 2.21 bits per heavy atom. The highest BCUT2D eigenvalue weighted by Crippen LogP contribution is 2.34. The van der Waals surface area contributed by atoms with Crippen LogP contribution in [0.3, 0.4) is 0 Å². The van der Waals surface area contributed by atoms with Crippen molar-refractivity contribution < 1.29 is 21.6 Å². The second-order valence-corrected chi connectivity index (χ2v) is 5.57. The van der Waals surface area contributed by atoms with Crippen LogP contribution in [0.15, 0.2) is 0 Å². The number of halogens is 4. The zero-order valence-corrected chi connectivity index (χ0v) is 8.66. The van der Waals surface area contributed by atoms with Gasteiger partial charge in [-0.3, -0.25) is 0 Å². The van der Waals surface area contributed by atoms with Crippen molar-refractivity contribution >= 4 is 19.9 Å². The van der Waals surface area contributed by atoms with E-state index in [-0.39, 0.29) is 13.0 Å². The molecular formula is C6H9ClF3NO2S. The monoisotopic (exact) mass is 251 g/mol. The first kappa shape index (κ1) is 12.1. The van der Waals surface area contributed by atoms with Gasteiger partial charge in [-0.05, 0) is 12.8 Å². The summed E-state index contributed by atoms with van der Waals surface area (Å²) in [6.45, 7) is -0.157. The zero-order chi connectivity index (χ0) is 11.0. The minimum absolute atomic E-state index is 0.157. The van der Waals surface area contributed by atoms with Gasteiger partial charge in [0, 0.05) is 17.2 Å². The van der Waals surface area contributed by atoms with E-state index in [9.17, 15) is 21.6 Å². The van der Waals surface area contributed by atoms with E-state index >= 15 is 0 Å². The summed E-state index contributed by atoms with van der Waals surface area (Å²) >= 11 is 0. The SMILES string of the molecule is O=S(=O)(Cl)N1CCCC[C@H]1C(F)(F)F. The average molecular weight is 252 g/mol. The maximum absolute atomic E-state index is 12.4. The number of alkyl halides is 3. The topological polar surface area (TPSA) is 37.4 Å². The largest absolute Gasteiger partial charge is 0.405 e. The van der Waals surface area contributed by atoms with Crippen molar-refractivity contribution in [1.29, 1.82) is 0 Å². The van der Waals surface area contributed by atoms with Gasteiger partial charge in [-0.15, -0.1) is 0 Å². The number of piperidine rings is 1. The molecule has 0 aromatic heterocycles. The number of hydrogen-bond donors (Lipinski definition) is 0. The Bertz CT molecular complexity index is 303. The Kier molecular flexibility index (Phi) is 3.33. The molecule has 1 aliphatic heterocycles. The van der Waals surface area contributed by atoms with Crippen LogP contribution in [0.4, 0.5) is 13.2 Å². The molecule has 14 heavy (non-hydrogen) atoms. The molecular weight excluding hydrogens is 243 g/mol. The molecule has 3 nitrogen and oxygen atoms in total. The fraction of sp³-hybridized carbons (Fsp3) is 1.00. The lowest BCUT2D eigenvalue weighted by Crippen LogP contribution is -2.49.